The monoisotopic (exact) mass is 176 g/mol. The molecule has 0 bridgehead atoms. The van der Waals surface area contributed by atoms with Crippen molar-refractivity contribution in [1.82, 2.24) is 0 Å². The molecule has 0 saturated heterocycles. The van der Waals surface area contributed by atoms with Gasteiger partial charge in [-0.2, -0.15) is 0 Å². The number of aliphatic carboxylic acids is 2. The molecule has 0 aromatic rings. The molecular formula is C6H12O4Si. The number of carboxylic acids is 2. The van der Waals surface area contributed by atoms with E-state index in [4.69, 9.17) is 10.2 Å². The van der Waals surface area contributed by atoms with Gasteiger partial charge in [-0.05, 0) is 11.0 Å². The van der Waals surface area contributed by atoms with Crippen LogP contribution >= 0.6 is 0 Å². The third kappa shape index (κ3) is 54.7. The fraction of sp³-hybridized carbons (Fsp3) is 0. The molecule has 64 valence electrons. The Bertz CT molecular complexity index is 135. The van der Waals surface area contributed by atoms with Crippen molar-refractivity contribution in [2.45, 2.75) is 0 Å². The third-order valence-corrected chi connectivity index (χ3v) is 0.349. The normalized spacial score (nSPS) is 5.82. The van der Waals surface area contributed by atoms with Crippen LogP contribution in [0.5, 0.6) is 0 Å². The Hall–Kier alpha value is -1.36. The number of rotatable bonds is 2. The predicted molar refractivity (Wildman–Crippen MR) is 47.0 cm³/mol. The topological polar surface area (TPSA) is 74.6 Å². The molecule has 0 rings (SSSR count). The van der Waals surface area contributed by atoms with Crippen LogP contribution in [-0.2, 0) is 9.59 Å². The molecule has 0 saturated carbocycles. The van der Waals surface area contributed by atoms with E-state index < -0.39 is 11.9 Å². The first-order valence-corrected chi connectivity index (χ1v) is 2.25. The highest BCUT2D eigenvalue weighted by molar-refractivity contribution is 5.79. The second kappa shape index (κ2) is 11.4. The van der Waals surface area contributed by atoms with Gasteiger partial charge >= 0.3 is 11.9 Å². The highest BCUT2D eigenvalue weighted by Gasteiger charge is 1.73. The van der Waals surface area contributed by atoms with E-state index in [2.05, 4.69) is 13.2 Å². The van der Waals surface area contributed by atoms with Gasteiger partial charge in [0.1, 0.15) is 0 Å². The van der Waals surface area contributed by atoms with Gasteiger partial charge in [0.2, 0.25) is 0 Å². The average molecular weight is 176 g/mol. The SMILES string of the molecule is C=CC(=O)O.C=CC(=O)O.[SiH4]. The van der Waals surface area contributed by atoms with Gasteiger partial charge in [0.05, 0.1) is 0 Å². The number of carboxylic acid groups (broad SMARTS) is 2. The van der Waals surface area contributed by atoms with Gasteiger partial charge in [-0.3, -0.25) is 0 Å². The summed E-state index contributed by atoms with van der Waals surface area (Å²) in [6.45, 7) is 5.92. The molecule has 0 aliphatic heterocycles. The molecule has 0 spiro atoms. The lowest BCUT2D eigenvalue weighted by Crippen LogP contribution is -1.82. The van der Waals surface area contributed by atoms with Crippen LogP contribution in [0.1, 0.15) is 0 Å². The van der Waals surface area contributed by atoms with Crippen molar-refractivity contribution in [1.29, 1.82) is 0 Å². The Morgan fingerprint density at radius 1 is 1.00 bits per heavy atom. The van der Waals surface area contributed by atoms with E-state index in [0.717, 1.165) is 12.2 Å². The molecule has 11 heavy (non-hydrogen) atoms. The highest BCUT2D eigenvalue weighted by Crippen LogP contribution is 1.55. The second-order valence-electron chi connectivity index (χ2n) is 1.08. The molecule has 5 heteroatoms. The fourth-order valence-electron chi connectivity index (χ4n) is 0. The molecule has 0 radical (unpaired) electrons. The maximum absolute atomic E-state index is 9.25. The molecule has 2 N–H and O–H groups in total. The summed E-state index contributed by atoms with van der Waals surface area (Å²) in [5, 5.41) is 15.2. The summed E-state index contributed by atoms with van der Waals surface area (Å²) in [4.78, 5) is 18.5. The summed E-state index contributed by atoms with van der Waals surface area (Å²) in [5.41, 5.74) is 0. The molecule has 0 atom stereocenters. The van der Waals surface area contributed by atoms with Crippen LogP contribution in [0.15, 0.2) is 25.3 Å². The first-order valence-electron chi connectivity index (χ1n) is 2.25. The zero-order valence-electron chi connectivity index (χ0n) is 5.28. The summed E-state index contributed by atoms with van der Waals surface area (Å²) in [6.07, 6.45) is 1.67. The molecule has 0 aromatic heterocycles. The van der Waals surface area contributed by atoms with Gasteiger partial charge in [0, 0.05) is 12.2 Å². The van der Waals surface area contributed by atoms with Crippen LogP contribution in [0, 0.1) is 0 Å². The number of hydrogen-bond donors (Lipinski definition) is 2. The molecule has 0 unspecified atom stereocenters. The van der Waals surface area contributed by atoms with Crippen molar-refractivity contribution in [3.8, 4) is 0 Å². The summed E-state index contributed by atoms with van der Waals surface area (Å²) < 4.78 is 0. The Kier molecular flexibility index (Phi) is 17.0. The van der Waals surface area contributed by atoms with Crippen LogP contribution in [0.3, 0.4) is 0 Å². The van der Waals surface area contributed by atoms with Crippen molar-refractivity contribution < 1.29 is 19.8 Å². The van der Waals surface area contributed by atoms with E-state index in [0.29, 0.717) is 0 Å². The minimum atomic E-state index is -0.981. The number of hydrogen-bond acceptors (Lipinski definition) is 2. The van der Waals surface area contributed by atoms with Gasteiger partial charge in [0.25, 0.3) is 0 Å². The second-order valence-corrected chi connectivity index (χ2v) is 1.08. The van der Waals surface area contributed by atoms with Crippen LogP contribution in [0.4, 0.5) is 0 Å². The quantitative estimate of drug-likeness (QED) is 0.421. The lowest BCUT2D eigenvalue weighted by molar-refractivity contribution is -0.132. The molecule has 0 aromatic carbocycles. The molecule has 0 aliphatic rings. The fourth-order valence-corrected chi connectivity index (χ4v) is 0. The minimum Gasteiger partial charge on any atom is -0.478 e. The Labute approximate surface area is 68.9 Å². The number of carbonyl (C=O) groups is 2. The molecule has 0 fully saturated rings. The summed E-state index contributed by atoms with van der Waals surface area (Å²) in [5.74, 6) is -1.96. The van der Waals surface area contributed by atoms with Crippen LogP contribution in [0.25, 0.3) is 0 Å². The van der Waals surface area contributed by atoms with E-state index in [1.165, 1.54) is 0 Å². The van der Waals surface area contributed by atoms with Gasteiger partial charge in [-0.15, -0.1) is 0 Å². The van der Waals surface area contributed by atoms with Crippen molar-refractivity contribution in [3.63, 3.8) is 0 Å². The van der Waals surface area contributed by atoms with E-state index >= 15 is 0 Å². The zero-order chi connectivity index (χ0) is 8.57. The average Bonchev–Trinajstić information content (AvgIpc) is 1.89. The molecule has 4 nitrogen and oxygen atoms in total. The Morgan fingerprint density at radius 3 is 1.09 bits per heavy atom. The third-order valence-electron chi connectivity index (χ3n) is 0.349. The van der Waals surface area contributed by atoms with Crippen LogP contribution in [0.2, 0.25) is 0 Å². The zero-order valence-corrected chi connectivity index (χ0v) is 5.28. The lowest BCUT2D eigenvalue weighted by Gasteiger charge is -1.64. The molecular weight excluding hydrogens is 164 g/mol. The van der Waals surface area contributed by atoms with Crippen molar-refractivity contribution >= 4 is 22.9 Å². The molecule has 0 amide bonds. The van der Waals surface area contributed by atoms with Gasteiger partial charge in [-0.25, -0.2) is 9.59 Å². The van der Waals surface area contributed by atoms with E-state index in [1.54, 1.807) is 0 Å². The molecule has 0 heterocycles. The summed E-state index contributed by atoms with van der Waals surface area (Å²) in [7, 11) is 0. The largest absolute Gasteiger partial charge is 0.478 e. The van der Waals surface area contributed by atoms with E-state index in [1.807, 2.05) is 0 Å². The first kappa shape index (κ1) is 16.3. The minimum absolute atomic E-state index is 0. The van der Waals surface area contributed by atoms with Gasteiger partial charge < -0.3 is 10.2 Å². The highest BCUT2D eigenvalue weighted by atomic mass is 28.1. The van der Waals surface area contributed by atoms with Crippen LogP contribution < -0.4 is 0 Å². The smallest absolute Gasteiger partial charge is 0.327 e. The predicted octanol–water partition coefficient (Wildman–Crippen LogP) is -0.938. The Morgan fingerprint density at radius 2 is 1.09 bits per heavy atom. The Balaban J connectivity index is -0.000000107. The first-order chi connectivity index (χ1) is 4.54. The standard InChI is InChI=1S/2C3H4O2.H4Si/c2*1-2-3(4)5;/h2*2H,1H2,(H,4,5);1H4. The maximum atomic E-state index is 9.25. The molecule has 0 aliphatic carbocycles. The van der Waals surface area contributed by atoms with Crippen molar-refractivity contribution in [3.05, 3.63) is 25.3 Å². The van der Waals surface area contributed by atoms with Crippen molar-refractivity contribution in [2.75, 3.05) is 0 Å². The maximum Gasteiger partial charge on any atom is 0.327 e. The lowest BCUT2D eigenvalue weighted by atomic mass is 10.7. The van der Waals surface area contributed by atoms with Gasteiger partial charge in [-0.1, -0.05) is 13.2 Å². The summed E-state index contributed by atoms with van der Waals surface area (Å²) in [6, 6.07) is 0. The van der Waals surface area contributed by atoms with E-state index in [9.17, 15) is 9.59 Å². The summed E-state index contributed by atoms with van der Waals surface area (Å²) >= 11 is 0. The van der Waals surface area contributed by atoms with Gasteiger partial charge in [0.15, 0.2) is 0 Å². The van der Waals surface area contributed by atoms with Crippen molar-refractivity contribution in [2.24, 2.45) is 0 Å². The van der Waals surface area contributed by atoms with E-state index in [-0.39, 0.29) is 11.0 Å². The van der Waals surface area contributed by atoms with Crippen LogP contribution in [-0.4, -0.2) is 33.1 Å².